The van der Waals surface area contributed by atoms with Crippen molar-refractivity contribution >= 4 is 28.2 Å². The number of amides is 1. The summed E-state index contributed by atoms with van der Waals surface area (Å²) in [5.41, 5.74) is 2.64. The normalized spacial score (nSPS) is 13.4. The Bertz CT molecular complexity index is 1060. The molecule has 1 N–H and O–H groups in total. The molecule has 0 aliphatic heterocycles. The molecule has 3 aromatic heterocycles. The van der Waals surface area contributed by atoms with Crippen molar-refractivity contribution in [2.45, 2.75) is 39.0 Å². The Morgan fingerprint density at radius 2 is 2.03 bits per heavy atom. The van der Waals surface area contributed by atoms with Gasteiger partial charge in [0.05, 0.1) is 30.1 Å². The van der Waals surface area contributed by atoms with Crippen LogP contribution in [0.25, 0.3) is 5.82 Å². The molecular weight excluding hydrogens is 388 g/mol. The van der Waals surface area contributed by atoms with Gasteiger partial charge in [0, 0.05) is 11.1 Å². The first-order chi connectivity index (χ1) is 14.1. The minimum atomic E-state index is -0.402. The minimum absolute atomic E-state index is 0.300. The van der Waals surface area contributed by atoms with Crippen LogP contribution < -0.4 is 5.32 Å². The van der Waals surface area contributed by atoms with E-state index in [1.807, 2.05) is 25.1 Å². The maximum absolute atomic E-state index is 13.0. The number of nitrogens with zero attached hydrogens (tertiary/aromatic N) is 3. The highest BCUT2D eigenvalue weighted by atomic mass is 32.1. The van der Waals surface area contributed by atoms with Crippen molar-refractivity contribution in [3.8, 4) is 5.82 Å². The summed E-state index contributed by atoms with van der Waals surface area (Å²) < 4.78 is 6.63. The average molecular weight is 410 g/mol. The number of nitrogens with one attached hydrogen (secondary N) is 1. The number of rotatable bonds is 4. The van der Waals surface area contributed by atoms with E-state index >= 15 is 0 Å². The van der Waals surface area contributed by atoms with E-state index in [-0.39, 0.29) is 5.91 Å². The Hall–Kier alpha value is -3.00. The Morgan fingerprint density at radius 3 is 2.79 bits per heavy atom. The molecule has 7 nitrogen and oxygen atoms in total. The Labute approximate surface area is 172 Å². The van der Waals surface area contributed by atoms with Crippen LogP contribution in [0.3, 0.4) is 0 Å². The number of methoxy groups -OCH3 is 1. The lowest BCUT2D eigenvalue weighted by atomic mass is 10.1. The van der Waals surface area contributed by atoms with E-state index in [4.69, 9.17) is 4.74 Å². The van der Waals surface area contributed by atoms with Crippen LogP contribution in [0.15, 0.2) is 30.6 Å². The number of esters is 1. The molecule has 0 fully saturated rings. The van der Waals surface area contributed by atoms with Gasteiger partial charge < -0.3 is 10.1 Å². The average Bonchev–Trinajstić information content (AvgIpc) is 3.19. The van der Waals surface area contributed by atoms with Gasteiger partial charge >= 0.3 is 5.97 Å². The Kier molecular flexibility index (Phi) is 5.44. The molecule has 3 heterocycles. The molecule has 4 rings (SSSR count). The SMILES string of the molecule is COC(=O)c1c(NC(=O)c2cnn(-c3ccccn3)c2C)sc2c1CCCCC2. The summed E-state index contributed by atoms with van der Waals surface area (Å²) in [6.07, 6.45) is 8.25. The van der Waals surface area contributed by atoms with Crippen LogP contribution in [0.4, 0.5) is 5.00 Å². The third-order valence-electron chi connectivity index (χ3n) is 5.16. The molecule has 1 aliphatic carbocycles. The van der Waals surface area contributed by atoms with Gasteiger partial charge in [-0.25, -0.2) is 14.5 Å². The fourth-order valence-corrected chi connectivity index (χ4v) is 4.93. The van der Waals surface area contributed by atoms with E-state index in [1.165, 1.54) is 29.5 Å². The van der Waals surface area contributed by atoms with E-state index < -0.39 is 5.97 Å². The van der Waals surface area contributed by atoms with Crippen LogP contribution in [-0.2, 0) is 17.6 Å². The van der Waals surface area contributed by atoms with Gasteiger partial charge in [-0.05, 0) is 50.3 Å². The van der Waals surface area contributed by atoms with Crippen molar-refractivity contribution in [3.63, 3.8) is 0 Å². The highest BCUT2D eigenvalue weighted by molar-refractivity contribution is 7.17. The van der Waals surface area contributed by atoms with Crippen LogP contribution in [-0.4, -0.2) is 33.8 Å². The Morgan fingerprint density at radius 1 is 1.21 bits per heavy atom. The molecule has 0 atom stereocenters. The number of ether oxygens (including phenoxy) is 1. The highest BCUT2D eigenvalue weighted by Gasteiger charge is 2.27. The summed E-state index contributed by atoms with van der Waals surface area (Å²) in [7, 11) is 1.37. The molecule has 0 bridgehead atoms. The molecule has 3 aromatic rings. The van der Waals surface area contributed by atoms with Gasteiger partial charge in [0.25, 0.3) is 5.91 Å². The smallest absolute Gasteiger partial charge is 0.341 e. The summed E-state index contributed by atoms with van der Waals surface area (Å²) >= 11 is 1.48. The maximum atomic E-state index is 13.0. The van der Waals surface area contributed by atoms with Crippen LogP contribution in [0.2, 0.25) is 0 Å². The molecule has 0 saturated heterocycles. The predicted octanol–water partition coefficient (Wildman–Crippen LogP) is 3.95. The number of hydrogen-bond donors (Lipinski definition) is 1. The zero-order chi connectivity index (χ0) is 20.4. The van der Waals surface area contributed by atoms with Gasteiger partial charge in [0.2, 0.25) is 0 Å². The molecule has 0 unspecified atom stereocenters. The second-order valence-corrected chi connectivity index (χ2v) is 8.06. The lowest BCUT2D eigenvalue weighted by Gasteiger charge is -2.08. The van der Waals surface area contributed by atoms with Crippen molar-refractivity contribution in [1.29, 1.82) is 0 Å². The van der Waals surface area contributed by atoms with Gasteiger partial charge in [0.15, 0.2) is 5.82 Å². The lowest BCUT2D eigenvalue weighted by molar-refractivity contribution is 0.0601. The topological polar surface area (TPSA) is 86.1 Å². The largest absolute Gasteiger partial charge is 0.465 e. The second kappa shape index (κ2) is 8.16. The van der Waals surface area contributed by atoms with Crippen LogP contribution in [0.1, 0.15) is 56.1 Å². The summed E-state index contributed by atoms with van der Waals surface area (Å²) in [5.74, 6) is -0.0611. The second-order valence-electron chi connectivity index (χ2n) is 6.96. The third-order valence-corrected chi connectivity index (χ3v) is 6.37. The number of aromatic nitrogens is 3. The number of anilines is 1. The minimum Gasteiger partial charge on any atom is -0.465 e. The first-order valence-corrected chi connectivity index (χ1v) is 10.4. The zero-order valence-corrected chi connectivity index (χ0v) is 17.2. The van der Waals surface area contributed by atoms with Gasteiger partial charge in [-0.1, -0.05) is 12.5 Å². The van der Waals surface area contributed by atoms with Gasteiger partial charge in [0.1, 0.15) is 5.00 Å². The summed E-state index contributed by atoms with van der Waals surface area (Å²) in [6.45, 7) is 1.82. The number of thiophene rings is 1. The number of carbonyl (C=O) groups excluding carboxylic acids is 2. The van der Waals surface area contributed by atoms with E-state index in [0.717, 1.165) is 37.7 Å². The molecule has 150 valence electrons. The molecule has 1 aliphatic rings. The first-order valence-electron chi connectivity index (χ1n) is 9.60. The zero-order valence-electron chi connectivity index (χ0n) is 16.4. The number of pyridine rings is 1. The first kappa shape index (κ1) is 19.3. The number of carbonyl (C=O) groups is 2. The van der Waals surface area contributed by atoms with Gasteiger partial charge in [-0.3, -0.25) is 4.79 Å². The van der Waals surface area contributed by atoms with Crippen molar-refractivity contribution < 1.29 is 14.3 Å². The van der Waals surface area contributed by atoms with Crippen molar-refractivity contribution in [3.05, 3.63) is 57.9 Å². The molecule has 8 heteroatoms. The van der Waals surface area contributed by atoms with Crippen LogP contribution >= 0.6 is 11.3 Å². The molecule has 0 radical (unpaired) electrons. The highest BCUT2D eigenvalue weighted by Crippen LogP contribution is 2.38. The summed E-state index contributed by atoms with van der Waals surface area (Å²) in [5, 5.41) is 7.79. The van der Waals surface area contributed by atoms with Gasteiger partial charge in [-0.2, -0.15) is 5.10 Å². The van der Waals surface area contributed by atoms with Crippen LogP contribution in [0, 0.1) is 6.92 Å². The predicted molar refractivity (Wildman–Crippen MR) is 111 cm³/mol. The lowest BCUT2D eigenvalue weighted by Crippen LogP contribution is -2.15. The van der Waals surface area contributed by atoms with E-state index in [1.54, 1.807) is 10.9 Å². The third kappa shape index (κ3) is 3.67. The summed E-state index contributed by atoms with van der Waals surface area (Å²) in [6, 6.07) is 5.52. The number of aryl methyl sites for hydroxylation is 1. The molecule has 1 amide bonds. The molecule has 0 aromatic carbocycles. The van der Waals surface area contributed by atoms with Crippen LogP contribution in [0.5, 0.6) is 0 Å². The maximum Gasteiger partial charge on any atom is 0.341 e. The molecule has 0 saturated carbocycles. The van der Waals surface area contributed by atoms with Crippen molar-refractivity contribution in [2.75, 3.05) is 12.4 Å². The van der Waals surface area contributed by atoms with E-state index in [9.17, 15) is 9.59 Å². The fraction of sp³-hybridized carbons (Fsp3) is 0.333. The molecule has 0 spiro atoms. The summed E-state index contributed by atoms with van der Waals surface area (Å²) in [4.78, 5) is 30.9. The van der Waals surface area contributed by atoms with Gasteiger partial charge in [-0.15, -0.1) is 11.3 Å². The fourth-order valence-electron chi connectivity index (χ4n) is 3.66. The van der Waals surface area contributed by atoms with Crippen molar-refractivity contribution in [1.82, 2.24) is 14.8 Å². The molecular formula is C21H22N4O3S. The monoisotopic (exact) mass is 410 g/mol. The van der Waals surface area contributed by atoms with E-state index in [2.05, 4.69) is 15.4 Å². The number of hydrogen-bond acceptors (Lipinski definition) is 6. The quantitative estimate of drug-likeness (QED) is 0.520. The van der Waals surface area contributed by atoms with Crippen molar-refractivity contribution in [2.24, 2.45) is 0 Å². The molecule has 29 heavy (non-hydrogen) atoms. The number of fused-ring (bicyclic) bond motifs is 1. The standard InChI is InChI=1S/C21H22N4O3S/c1-13-15(12-23-25(13)17-10-6-7-11-22-17)19(26)24-20-18(21(27)28-2)14-8-4-3-5-9-16(14)29-20/h6-7,10-12H,3-5,8-9H2,1-2H3,(H,24,26). The van der Waals surface area contributed by atoms with E-state index in [0.29, 0.717) is 27.6 Å². The Balaban J connectivity index is 1.66.